The Morgan fingerprint density at radius 1 is 1.50 bits per heavy atom. The lowest BCUT2D eigenvalue weighted by Gasteiger charge is -2.04. The van der Waals surface area contributed by atoms with Crippen LogP contribution in [0.15, 0.2) is 41.8 Å². The number of rotatable bonds is 3. The zero-order valence-electron chi connectivity index (χ0n) is 10.7. The van der Waals surface area contributed by atoms with Gasteiger partial charge in [0.25, 0.3) is 5.91 Å². The predicted molar refractivity (Wildman–Crippen MR) is 84.9 cm³/mol. The summed E-state index contributed by atoms with van der Waals surface area (Å²) in [6.45, 7) is 1.81. The first-order chi connectivity index (χ1) is 9.58. The monoisotopic (exact) mass is 381 g/mol. The summed E-state index contributed by atoms with van der Waals surface area (Å²) in [6.07, 6.45) is 4.46. The van der Waals surface area contributed by atoms with Crippen LogP contribution in [-0.2, 0) is 0 Å². The van der Waals surface area contributed by atoms with Crippen LogP contribution in [0.2, 0.25) is 0 Å². The summed E-state index contributed by atoms with van der Waals surface area (Å²) < 4.78 is 0.984. The Morgan fingerprint density at radius 3 is 3.00 bits per heavy atom. The molecule has 0 saturated carbocycles. The van der Waals surface area contributed by atoms with E-state index in [1.807, 2.05) is 13.0 Å². The van der Waals surface area contributed by atoms with Gasteiger partial charge in [-0.25, -0.2) is 5.43 Å². The number of benzene rings is 1. The number of phenolic OH excluding ortho intramolecular Hbond substituents is 1. The smallest absolute Gasteiger partial charge is 0.272 e. The molecule has 0 atom stereocenters. The minimum Gasteiger partial charge on any atom is -0.507 e. The molecule has 1 aromatic heterocycles. The maximum absolute atomic E-state index is 11.7. The summed E-state index contributed by atoms with van der Waals surface area (Å²) in [5.74, 6) is -0.194. The van der Waals surface area contributed by atoms with Gasteiger partial charge in [0.1, 0.15) is 5.75 Å². The topological polar surface area (TPSA) is 74.6 Å². The Balaban J connectivity index is 2.10. The lowest BCUT2D eigenvalue weighted by atomic mass is 10.1. The first-order valence-electron chi connectivity index (χ1n) is 5.80. The van der Waals surface area contributed by atoms with Crippen LogP contribution in [0, 0.1) is 10.5 Å². The number of aromatic hydroxyl groups is 1. The Kier molecular flexibility index (Phi) is 4.67. The van der Waals surface area contributed by atoms with E-state index in [0.717, 1.165) is 9.13 Å². The number of nitrogens with one attached hydrogen (secondary N) is 1. The third kappa shape index (κ3) is 3.53. The van der Waals surface area contributed by atoms with Crippen molar-refractivity contribution in [3.63, 3.8) is 0 Å². The van der Waals surface area contributed by atoms with Gasteiger partial charge >= 0.3 is 0 Å². The molecule has 6 heteroatoms. The van der Waals surface area contributed by atoms with Gasteiger partial charge < -0.3 is 5.11 Å². The predicted octanol–water partition coefficient (Wildman–Crippen LogP) is 2.46. The van der Waals surface area contributed by atoms with Gasteiger partial charge in [-0.05, 0) is 59.3 Å². The number of hydrazone groups is 1. The van der Waals surface area contributed by atoms with Crippen LogP contribution in [-0.4, -0.2) is 22.2 Å². The molecule has 0 unspecified atom stereocenters. The fourth-order valence-corrected chi connectivity index (χ4v) is 2.38. The first kappa shape index (κ1) is 14.4. The van der Waals surface area contributed by atoms with E-state index in [0.29, 0.717) is 11.1 Å². The number of nitrogens with zero attached hydrogens (tertiary/aromatic N) is 2. The molecule has 0 saturated heterocycles. The number of carbonyl (C=O) groups excluding carboxylic acids is 1. The molecule has 2 aromatic rings. The van der Waals surface area contributed by atoms with Gasteiger partial charge in [-0.1, -0.05) is 0 Å². The second kappa shape index (κ2) is 6.47. The SMILES string of the molecule is Cc1cc(I)cc(C=NNC(=O)c2cccnc2)c1O. The van der Waals surface area contributed by atoms with Gasteiger partial charge in [0.2, 0.25) is 0 Å². The van der Waals surface area contributed by atoms with E-state index in [4.69, 9.17) is 0 Å². The molecule has 1 amide bonds. The van der Waals surface area contributed by atoms with Crippen LogP contribution < -0.4 is 5.43 Å². The highest BCUT2D eigenvalue weighted by molar-refractivity contribution is 14.1. The molecule has 0 aliphatic carbocycles. The summed E-state index contributed by atoms with van der Waals surface area (Å²) in [4.78, 5) is 15.6. The summed E-state index contributed by atoms with van der Waals surface area (Å²) in [7, 11) is 0. The third-order valence-electron chi connectivity index (χ3n) is 2.59. The van der Waals surface area contributed by atoms with E-state index in [-0.39, 0.29) is 11.7 Å². The van der Waals surface area contributed by atoms with Crippen LogP contribution in [0.3, 0.4) is 0 Å². The van der Waals surface area contributed by atoms with Crippen molar-refractivity contribution in [3.05, 3.63) is 56.9 Å². The molecule has 2 rings (SSSR count). The molecule has 1 aromatic carbocycles. The highest BCUT2D eigenvalue weighted by Crippen LogP contribution is 2.23. The van der Waals surface area contributed by atoms with Crippen molar-refractivity contribution in [1.29, 1.82) is 0 Å². The molecule has 5 nitrogen and oxygen atoms in total. The molecule has 0 aliphatic heterocycles. The van der Waals surface area contributed by atoms with Crippen molar-refractivity contribution in [2.75, 3.05) is 0 Å². The van der Waals surface area contributed by atoms with E-state index in [1.165, 1.54) is 12.4 Å². The van der Waals surface area contributed by atoms with E-state index in [2.05, 4.69) is 38.1 Å². The molecular formula is C14H12IN3O2. The molecule has 0 fully saturated rings. The second-order valence-corrected chi connectivity index (χ2v) is 5.35. The van der Waals surface area contributed by atoms with Gasteiger partial charge in [0, 0.05) is 21.5 Å². The maximum Gasteiger partial charge on any atom is 0.272 e. The van der Waals surface area contributed by atoms with Crippen molar-refractivity contribution >= 4 is 34.7 Å². The lowest BCUT2D eigenvalue weighted by Crippen LogP contribution is -2.17. The van der Waals surface area contributed by atoms with Crippen molar-refractivity contribution in [1.82, 2.24) is 10.4 Å². The minimum atomic E-state index is -0.351. The van der Waals surface area contributed by atoms with Crippen molar-refractivity contribution in [3.8, 4) is 5.75 Å². The number of halogens is 1. The van der Waals surface area contributed by atoms with Crippen molar-refractivity contribution in [2.45, 2.75) is 6.92 Å². The van der Waals surface area contributed by atoms with Crippen LogP contribution >= 0.6 is 22.6 Å². The summed E-state index contributed by atoms with van der Waals surface area (Å²) in [5.41, 5.74) is 4.13. The van der Waals surface area contributed by atoms with Crippen LogP contribution in [0.5, 0.6) is 5.75 Å². The third-order valence-corrected chi connectivity index (χ3v) is 3.21. The number of pyridine rings is 1. The highest BCUT2D eigenvalue weighted by Gasteiger charge is 2.05. The van der Waals surface area contributed by atoms with Gasteiger partial charge in [0.05, 0.1) is 11.8 Å². The number of aryl methyl sites for hydroxylation is 1. The van der Waals surface area contributed by atoms with Crippen molar-refractivity contribution in [2.24, 2.45) is 5.10 Å². The van der Waals surface area contributed by atoms with Crippen molar-refractivity contribution < 1.29 is 9.90 Å². The van der Waals surface area contributed by atoms with Gasteiger partial charge in [-0.3, -0.25) is 9.78 Å². The number of hydrogen-bond acceptors (Lipinski definition) is 4. The number of carbonyl (C=O) groups is 1. The quantitative estimate of drug-likeness (QED) is 0.487. The Labute approximate surface area is 129 Å². The number of hydrogen-bond donors (Lipinski definition) is 2. The van der Waals surface area contributed by atoms with Gasteiger partial charge in [0.15, 0.2) is 0 Å². The fraction of sp³-hybridized carbons (Fsp3) is 0.0714. The highest BCUT2D eigenvalue weighted by atomic mass is 127. The van der Waals surface area contributed by atoms with Crippen LogP contribution in [0.1, 0.15) is 21.5 Å². The van der Waals surface area contributed by atoms with Crippen LogP contribution in [0.4, 0.5) is 0 Å². The molecule has 0 aliphatic rings. The summed E-state index contributed by atoms with van der Waals surface area (Å²) in [5, 5.41) is 13.7. The molecule has 0 spiro atoms. The molecule has 0 bridgehead atoms. The fourth-order valence-electron chi connectivity index (χ4n) is 1.58. The number of phenols is 1. The molecule has 102 valence electrons. The average molecular weight is 381 g/mol. The number of aromatic nitrogens is 1. The summed E-state index contributed by atoms with van der Waals surface area (Å²) in [6, 6.07) is 6.96. The van der Waals surface area contributed by atoms with E-state index < -0.39 is 0 Å². The molecule has 0 radical (unpaired) electrons. The zero-order valence-corrected chi connectivity index (χ0v) is 12.8. The van der Waals surface area contributed by atoms with Gasteiger partial charge in [-0.15, -0.1) is 0 Å². The Bertz CT molecular complexity index is 657. The minimum absolute atomic E-state index is 0.157. The Hall–Kier alpha value is -1.96. The molecule has 2 N–H and O–H groups in total. The lowest BCUT2D eigenvalue weighted by molar-refractivity contribution is 0.0954. The molecular weight excluding hydrogens is 369 g/mol. The molecule has 20 heavy (non-hydrogen) atoms. The maximum atomic E-state index is 11.7. The number of amides is 1. The average Bonchev–Trinajstić information content (AvgIpc) is 2.44. The van der Waals surface area contributed by atoms with E-state index in [1.54, 1.807) is 24.4 Å². The Morgan fingerprint density at radius 2 is 2.30 bits per heavy atom. The summed E-state index contributed by atoms with van der Waals surface area (Å²) >= 11 is 2.15. The normalized spacial score (nSPS) is 10.7. The van der Waals surface area contributed by atoms with Gasteiger partial charge in [-0.2, -0.15) is 5.10 Å². The molecule has 1 heterocycles. The standard InChI is InChI=1S/C14H12IN3O2/c1-9-5-12(15)6-11(13(9)19)8-17-18-14(20)10-3-2-4-16-7-10/h2-8,19H,1H3,(H,18,20). The van der Waals surface area contributed by atoms with Crippen LogP contribution in [0.25, 0.3) is 0 Å². The largest absolute Gasteiger partial charge is 0.507 e. The second-order valence-electron chi connectivity index (χ2n) is 4.10. The van der Waals surface area contributed by atoms with E-state index >= 15 is 0 Å². The zero-order chi connectivity index (χ0) is 14.5. The first-order valence-corrected chi connectivity index (χ1v) is 6.88. The van der Waals surface area contributed by atoms with E-state index in [9.17, 15) is 9.90 Å².